The molecule has 3 aromatic rings. The first kappa shape index (κ1) is 16.8. The van der Waals surface area contributed by atoms with Crippen molar-refractivity contribution in [2.24, 2.45) is 0 Å². The fourth-order valence-corrected chi connectivity index (χ4v) is 3.15. The number of fused-ring (bicyclic) bond motifs is 1. The molecule has 1 aliphatic heterocycles. The van der Waals surface area contributed by atoms with Crippen LogP contribution in [0.3, 0.4) is 0 Å². The molecule has 28 heavy (non-hydrogen) atoms. The van der Waals surface area contributed by atoms with Gasteiger partial charge in [0.05, 0.1) is 18.8 Å². The second-order valence-corrected chi connectivity index (χ2v) is 6.83. The highest BCUT2D eigenvalue weighted by Crippen LogP contribution is 2.33. The number of aromatic nitrogens is 3. The van der Waals surface area contributed by atoms with Crippen LogP contribution < -0.4 is 14.2 Å². The molecular weight excluding hydrogens is 358 g/mol. The smallest absolute Gasteiger partial charge is 0.257 e. The van der Waals surface area contributed by atoms with Gasteiger partial charge in [-0.05, 0) is 49.6 Å². The molecule has 5 rings (SSSR count). The van der Waals surface area contributed by atoms with E-state index >= 15 is 0 Å². The molecule has 1 aliphatic carbocycles. The van der Waals surface area contributed by atoms with Crippen LogP contribution in [0.15, 0.2) is 41.1 Å². The molecule has 142 valence electrons. The Morgan fingerprint density at radius 1 is 1.11 bits per heavy atom. The van der Waals surface area contributed by atoms with Gasteiger partial charge < -0.3 is 18.7 Å². The molecule has 3 heterocycles. The van der Waals surface area contributed by atoms with Gasteiger partial charge in [-0.25, -0.2) is 0 Å². The number of ether oxygens (including phenoxy) is 3. The molecule has 1 aromatic carbocycles. The van der Waals surface area contributed by atoms with E-state index in [0.29, 0.717) is 30.1 Å². The molecule has 2 aliphatic rings. The normalized spacial score (nSPS) is 15.8. The van der Waals surface area contributed by atoms with Crippen LogP contribution in [0.25, 0.3) is 23.2 Å². The van der Waals surface area contributed by atoms with Gasteiger partial charge in [-0.3, -0.25) is 4.98 Å². The molecule has 0 amide bonds. The van der Waals surface area contributed by atoms with E-state index in [1.807, 2.05) is 36.4 Å². The van der Waals surface area contributed by atoms with Gasteiger partial charge in [-0.15, -0.1) is 0 Å². The van der Waals surface area contributed by atoms with Crippen molar-refractivity contribution in [3.63, 3.8) is 0 Å². The van der Waals surface area contributed by atoms with Crippen molar-refractivity contribution in [2.45, 2.75) is 25.4 Å². The highest BCUT2D eigenvalue weighted by molar-refractivity contribution is 5.83. The number of pyridine rings is 1. The lowest BCUT2D eigenvalue weighted by molar-refractivity contribution is 0.120. The lowest BCUT2D eigenvalue weighted by Crippen LogP contribution is -2.24. The summed E-state index contributed by atoms with van der Waals surface area (Å²) in [6, 6.07) is 9.36. The zero-order valence-electron chi connectivity index (χ0n) is 15.4. The fourth-order valence-electron chi connectivity index (χ4n) is 3.15. The number of methoxy groups -OCH3 is 1. The molecule has 0 unspecified atom stereocenters. The number of benzene rings is 1. The Balaban J connectivity index is 1.40. The maximum Gasteiger partial charge on any atom is 0.257 e. The van der Waals surface area contributed by atoms with Crippen LogP contribution in [0.1, 0.15) is 30.7 Å². The third-order valence-corrected chi connectivity index (χ3v) is 4.95. The number of hydrogen-bond acceptors (Lipinski definition) is 7. The standard InChI is InChI=1S/C21H19N3O4/c1-25-16-5-6-19-13(10-16)9-14(12-26-19)21-23-20(24-28-21)18-11-17(7-8-22-18)27-15-3-2-4-15/h5-11,15H,2-4,12H2,1H3. The third-order valence-electron chi connectivity index (χ3n) is 4.95. The van der Waals surface area contributed by atoms with E-state index in [9.17, 15) is 0 Å². The minimum atomic E-state index is 0.303. The summed E-state index contributed by atoms with van der Waals surface area (Å²) >= 11 is 0. The second kappa shape index (κ2) is 6.99. The van der Waals surface area contributed by atoms with Crippen molar-refractivity contribution in [2.75, 3.05) is 13.7 Å². The van der Waals surface area contributed by atoms with Crippen molar-refractivity contribution >= 4 is 11.6 Å². The Labute approximate surface area is 162 Å². The first-order chi connectivity index (χ1) is 13.8. The summed E-state index contributed by atoms with van der Waals surface area (Å²) in [5.41, 5.74) is 2.34. The van der Waals surface area contributed by atoms with E-state index in [-0.39, 0.29) is 0 Å². The predicted octanol–water partition coefficient (Wildman–Crippen LogP) is 4.00. The van der Waals surface area contributed by atoms with Crippen molar-refractivity contribution in [3.05, 3.63) is 48.0 Å². The maximum absolute atomic E-state index is 5.93. The van der Waals surface area contributed by atoms with Crippen LogP contribution in [0.2, 0.25) is 0 Å². The number of nitrogens with zero attached hydrogens (tertiary/aromatic N) is 3. The summed E-state index contributed by atoms with van der Waals surface area (Å²) in [5, 5.41) is 4.08. The predicted molar refractivity (Wildman–Crippen MR) is 102 cm³/mol. The van der Waals surface area contributed by atoms with Crippen LogP contribution in [-0.4, -0.2) is 34.9 Å². The van der Waals surface area contributed by atoms with E-state index in [1.165, 1.54) is 6.42 Å². The quantitative estimate of drug-likeness (QED) is 0.665. The van der Waals surface area contributed by atoms with Crippen LogP contribution in [0, 0.1) is 0 Å². The first-order valence-electron chi connectivity index (χ1n) is 9.27. The van der Waals surface area contributed by atoms with Gasteiger partial charge in [-0.2, -0.15) is 4.98 Å². The molecule has 1 fully saturated rings. The molecule has 0 radical (unpaired) electrons. The topological polar surface area (TPSA) is 79.5 Å². The lowest BCUT2D eigenvalue weighted by atomic mass is 9.96. The molecule has 0 spiro atoms. The fraction of sp³-hybridized carbons (Fsp3) is 0.286. The second-order valence-electron chi connectivity index (χ2n) is 6.83. The highest BCUT2D eigenvalue weighted by atomic mass is 16.5. The van der Waals surface area contributed by atoms with Crippen molar-refractivity contribution < 1.29 is 18.7 Å². The Morgan fingerprint density at radius 3 is 2.86 bits per heavy atom. The number of rotatable bonds is 5. The van der Waals surface area contributed by atoms with Gasteiger partial charge in [0.1, 0.15) is 29.5 Å². The van der Waals surface area contributed by atoms with Crippen molar-refractivity contribution in [3.8, 4) is 28.8 Å². The molecule has 1 saturated carbocycles. The van der Waals surface area contributed by atoms with Crippen molar-refractivity contribution in [1.29, 1.82) is 0 Å². The minimum Gasteiger partial charge on any atom is -0.497 e. The first-order valence-corrected chi connectivity index (χ1v) is 9.27. The summed E-state index contributed by atoms with van der Waals surface area (Å²) in [5.74, 6) is 3.18. The van der Waals surface area contributed by atoms with E-state index in [0.717, 1.165) is 41.2 Å². The summed E-state index contributed by atoms with van der Waals surface area (Å²) in [6.45, 7) is 0.360. The molecule has 0 atom stereocenters. The van der Waals surface area contributed by atoms with Gasteiger partial charge >= 0.3 is 0 Å². The molecule has 7 heteroatoms. The summed E-state index contributed by atoms with van der Waals surface area (Å²) < 4.78 is 22.5. The van der Waals surface area contributed by atoms with Gasteiger partial charge in [0.15, 0.2) is 0 Å². The van der Waals surface area contributed by atoms with Crippen LogP contribution in [0.5, 0.6) is 17.2 Å². The van der Waals surface area contributed by atoms with Gasteiger partial charge in [0.25, 0.3) is 5.89 Å². The van der Waals surface area contributed by atoms with Gasteiger partial charge in [0.2, 0.25) is 5.82 Å². The van der Waals surface area contributed by atoms with E-state index in [2.05, 4.69) is 15.1 Å². The Bertz CT molecular complexity index is 1040. The molecule has 0 N–H and O–H groups in total. The molecular formula is C21H19N3O4. The lowest BCUT2D eigenvalue weighted by Gasteiger charge is -2.26. The number of hydrogen-bond donors (Lipinski definition) is 0. The maximum atomic E-state index is 5.93. The van der Waals surface area contributed by atoms with E-state index < -0.39 is 0 Å². The molecule has 7 nitrogen and oxygen atoms in total. The van der Waals surface area contributed by atoms with Gasteiger partial charge in [-0.1, -0.05) is 5.16 Å². The molecule has 0 saturated heterocycles. The summed E-state index contributed by atoms with van der Waals surface area (Å²) in [7, 11) is 1.64. The molecule has 2 aromatic heterocycles. The van der Waals surface area contributed by atoms with E-state index in [4.69, 9.17) is 18.7 Å². The Morgan fingerprint density at radius 2 is 2.04 bits per heavy atom. The van der Waals surface area contributed by atoms with Crippen molar-refractivity contribution in [1.82, 2.24) is 15.1 Å². The van der Waals surface area contributed by atoms with Gasteiger partial charge in [0, 0.05) is 17.8 Å². The average Bonchev–Trinajstić information content (AvgIpc) is 3.20. The minimum absolute atomic E-state index is 0.303. The Hall–Kier alpha value is -3.35. The Kier molecular flexibility index (Phi) is 4.20. The van der Waals surface area contributed by atoms with Crippen LogP contribution in [-0.2, 0) is 0 Å². The largest absolute Gasteiger partial charge is 0.497 e. The monoisotopic (exact) mass is 377 g/mol. The summed E-state index contributed by atoms with van der Waals surface area (Å²) in [6.07, 6.45) is 7.41. The highest BCUT2D eigenvalue weighted by Gasteiger charge is 2.21. The van der Waals surface area contributed by atoms with E-state index in [1.54, 1.807) is 13.3 Å². The van der Waals surface area contributed by atoms with Crippen LogP contribution in [0.4, 0.5) is 0 Å². The zero-order chi connectivity index (χ0) is 18.9. The third kappa shape index (κ3) is 3.19. The van der Waals surface area contributed by atoms with Crippen LogP contribution >= 0.6 is 0 Å². The SMILES string of the molecule is COc1ccc2c(c1)C=C(c1nc(-c3cc(OC4CCC4)ccn3)no1)CO2. The average molecular weight is 377 g/mol. The summed E-state index contributed by atoms with van der Waals surface area (Å²) in [4.78, 5) is 8.84. The zero-order valence-corrected chi connectivity index (χ0v) is 15.4. The molecule has 0 bridgehead atoms.